The van der Waals surface area contributed by atoms with Crippen LogP contribution in [0.1, 0.15) is 26.2 Å². The molecule has 5 heteroatoms. The highest BCUT2D eigenvalue weighted by Crippen LogP contribution is 2.32. The van der Waals surface area contributed by atoms with Gasteiger partial charge in [0.15, 0.2) is 0 Å². The van der Waals surface area contributed by atoms with Crippen LogP contribution in [0.25, 0.3) is 0 Å². The normalized spacial score (nSPS) is 10.5. The first-order chi connectivity index (χ1) is 7.69. The van der Waals surface area contributed by atoms with Gasteiger partial charge in [-0.15, -0.1) is 11.8 Å². The SMILES string of the molecule is CCCCCSc1nc(NC)c(Cl)cc1Cl. The zero-order valence-corrected chi connectivity index (χ0v) is 11.8. The van der Waals surface area contributed by atoms with E-state index in [1.54, 1.807) is 24.9 Å². The predicted octanol–water partition coefficient (Wildman–Crippen LogP) is 4.71. The van der Waals surface area contributed by atoms with Gasteiger partial charge >= 0.3 is 0 Å². The number of pyridine rings is 1. The monoisotopic (exact) mass is 278 g/mol. The summed E-state index contributed by atoms with van der Waals surface area (Å²) < 4.78 is 0. The Morgan fingerprint density at radius 1 is 1.31 bits per heavy atom. The van der Waals surface area contributed by atoms with E-state index in [1.807, 2.05) is 0 Å². The molecule has 0 amide bonds. The Hall–Kier alpha value is -0.120. The van der Waals surface area contributed by atoms with E-state index in [-0.39, 0.29) is 0 Å². The Morgan fingerprint density at radius 2 is 2.06 bits per heavy atom. The van der Waals surface area contributed by atoms with Crippen molar-refractivity contribution >= 4 is 40.8 Å². The topological polar surface area (TPSA) is 24.9 Å². The first kappa shape index (κ1) is 13.9. The third-order valence-electron chi connectivity index (χ3n) is 2.12. The van der Waals surface area contributed by atoms with Gasteiger partial charge in [0.05, 0.1) is 10.0 Å². The van der Waals surface area contributed by atoms with Gasteiger partial charge in [0.25, 0.3) is 0 Å². The van der Waals surface area contributed by atoms with Crippen LogP contribution in [-0.2, 0) is 0 Å². The summed E-state index contributed by atoms with van der Waals surface area (Å²) in [6.07, 6.45) is 3.66. The largest absolute Gasteiger partial charge is 0.372 e. The lowest BCUT2D eigenvalue weighted by Crippen LogP contribution is -1.95. The summed E-state index contributed by atoms with van der Waals surface area (Å²) >= 11 is 13.7. The molecule has 0 unspecified atom stereocenters. The van der Waals surface area contributed by atoms with Crippen LogP contribution in [-0.4, -0.2) is 17.8 Å². The molecule has 1 heterocycles. The van der Waals surface area contributed by atoms with E-state index in [2.05, 4.69) is 17.2 Å². The molecule has 2 nitrogen and oxygen atoms in total. The first-order valence-corrected chi connectivity index (χ1v) is 7.09. The summed E-state index contributed by atoms with van der Waals surface area (Å²) in [5.41, 5.74) is 0. The highest BCUT2D eigenvalue weighted by Gasteiger charge is 2.08. The zero-order valence-electron chi connectivity index (χ0n) is 9.52. The number of aromatic nitrogens is 1. The molecule has 0 fully saturated rings. The zero-order chi connectivity index (χ0) is 12.0. The smallest absolute Gasteiger partial charge is 0.145 e. The molecule has 0 aromatic carbocycles. The molecule has 0 saturated carbocycles. The van der Waals surface area contributed by atoms with Crippen LogP contribution < -0.4 is 5.32 Å². The van der Waals surface area contributed by atoms with E-state index < -0.39 is 0 Å². The number of rotatable bonds is 6. The van der Waals surface area contributed by atoms with E-state index in [9.17, 15) is 0 Å². The Kier molecular flexibility index (Phi) is 6.32. The van der Waals surface area contributed by atoms with E-state index >= 15 is 0 Å². The highest BCUT2D eigenvalue weighted by atomic mass is 35.5. The van der Waals surface area contributed by atoms with Gasteiger partial charge in [-0.1, -0.05) is 43.0 Å². The number of nitrogens with zero attached hydrogens (tertiary/aromatic N) is 1. The third-order valence-corrected chi connectivity index (χ3v) is 3.89. The van der Waals surface area contributed by atoms with Gasteiger partial charge in [0.1, 0.15) is 10.8 Å². The summed E-state index contributed by atoms with van der Waals surface area (Å²) in [6, 6.07) is 1.74. The number of thioether (sulfide) groups is 1. The Balaban J connectivity index is 2.64. The Labute approximate surface area is 111 Å². The molecule has 1 N–H and O–H groups in total. The molecule has 1 aromatic rings. The van der Waals surface area contributed by atoms with Crippen LogP contribution in [0.3, 0.4) is 0 Å². The molecule has 0 aliphatic heterocycles. The molecule has 1 aromatic heterocycles. The highest BCUT2D eigenvalue weighted by molar-refractivity contribution is 7.99. The Bertz CT molecular complexity index is 345. The van der Waals surface area contributed by atoms with Crippen molar-refractivity contribution in [2.45, 2.75) is 31.2 Å². The molecule has 1 rings (SSSR count). The minimum atomic E-state index is 0.561. The molecule has 0 atom stereocenters. The van der Waals surface area contributed by atoms with Crippen molar-refractivity contribution in [2.24, 2.45) is 0 Å². The fraction of sp³-hybridized carbons (Fsp3) is 0.545. The molecule has 0 aliphatic rings. The molecular formula is C11H16Cl2N2S. The number of nitrogens with one attached hydrogen (secondary N) is 1. The second-order valence-electron chi connectivity index (χ2n) is 3.41. The molecule has 0 saturated heterocycles. The summed E-state index contributed by atoms with van der Waals surface area (Å²) in [6.45, 7) is 2.19. The second-order valence-corrected chi connectivity index (χ2v) is 5.31. The molecule has 0 spiro atoms. The van der Waals surface area contributed by atoms with Crippen LogP contribution in [0.15, 0.2) is 11.1 Å². The van der Waals surface area contributed by atoms with Crippen molar-refractivity contribution in [3.05, 3.63) is 16.1 Å². The van der Waals surface area contributed by atoms with Crippen molar-refractivity contribution in [3.8, 4) is 0 Å². The summed E-state index contributed by atoms with van der Waals surface area (Å²) in [5, 5.41) is 4.99. The lowest BCUT2D eigenvalue weighted by Gasteiger charge is -2.07. The van der Waals surface area contributed by atoms with Gasteiger partial charge in [0, 0.05) is 7.05 Å². The maximum Gasteiger partial charge on any atom is 0.145 e. The fourth-order valence-corrected chi connectivity index (χ4v) is 2.76. The van der Waals surface area contributed by atoms with Crippen molar-refractivity contribution in [2.75, 3.05) is 18.1 Å². The molecular weight excluding hydrogens is 263 g/mol. The van der Waals surface area contributed by atoms with Crippen LogP contribution in [0.5, 0.6) is 0 Å². The van der Waals surface area contributed by atoms with Gasteiger partial charge in [0.2, 0.25) is 0 Å². The molecule has 16 heavy (non-hydrogen) atoms. The predicted molar refractivity (Wildman–Crippen MR) is 74.1 cm³/mol. The summed E-state index contributed by atoms with van der Waals surface area (Å²) in [7, 11) is 1.80. The van der Waals surface area contributed by atoms with Crippen molar-refractivity contribution in [1.82, 2.24) is 4.98 Å². The van der Waals surface area contributed by atoms with E-state index in [1.165, 1.54) is 19.3 Å². The van der Waals surface area contributed by atoms with Gasteiger partial charge in [-0.05, 0) is 18.2 Å². The average molecular weight is 279 g/mol. The number of hydrogen-bond acceptors (Lipinski definition) is 3. The number of unbranched alkanes of at least 4 members (excludes halogenated alkanes) is 2. The van der Waals surface area contributed by atoms with E-state index in [4.69, 9.17) is 23.2 Å². The lowest BCUT2D eigenvalue weighted by atomic mass is 10.3. The molecule has 0 bridgehead atoms. The van der Waals surface area contributed by atoms with Crippen LogP contribution in [0.4, 0.5) is 5.82 Å². The van der Waals surface area contributed by atoms with Gasteiger partial charge in [-0.2, -0.15) is 0 Å². The van der Waals surface area contributed by atoms with Crippen molar-refractivity contribution in [3.63, 3.8) is 0 Å². The molecule has 0 radical (unpaired) electrons. The van der Waals surface area contributed by atoms with Crippen LogP contribution in [0, 0.1) is 0 Å². The van der Waals surface area contributed by atoms with Crippen LogP contribution >= 0.6 is 35.0 Å². The van der Waals surface area contributed by atoms with Gasteiger partial charge < -0.3 is 5.32 Å². The average Bonchev–Trinajstić information content (AvgIpc) is 2.27. The lowest BCUT2D eigenvalue weighted by molar-refractivity contribution is 0.778. The van der Waals surface area contributed by atoms with E-state index in [0.717, 1.165) is 10.8 Å². The quantitative estimate of drug-likeness (QED) is 0.603. The number of hydrogen-bond donors (Lipinski definition) is 1. The molecule has 0 aliphatic carbocycles. The molecule has 90 valence electrons. The minimum absolute atomic E-state index is 0.561. The summed E-state index contributed by atoms with van der Waals surface area (Å²) in [4.78, 5) is 4.38. The number of anilines is 1. The van der Waals surface area contributed by atoms with Crippen LogP contribution in [0.2, 0.25) is 10.0 Å². The maximum absolute atomic E-state index is 6.08. The van der Waals surface area contributed by atoms with Gasteiger partial charge in [-0.3, -0.25) is 0 Å². The van der Waals surface area contributed by atoms with Crippen molar-refractivity contribution < 1.29 is 0 Å². The third kappa shape index (κ3) is 4.04. The minimum Gasteiger partial charge on any atom is -0.372 e. The summed E-state index contributed by atoms with van der Waals surface area (Å²) in [5.74, 6) is 1.73. The Morgan fingerprint density at radius 3 is 2.69 bits per heavy atom. The second kappa shape index (κ2) is 7.25. The number of halogens is 2. The van der Waals surface area contributed by atoms with Crippen molar-refractivity contribution in [1.29, 1.82) is 0 Å². The van der Waals surface area contributed by atoms with Gasteiger partial charge in [-0.25, -0.2) is 4.98 Å². The fourth-order valence-electron chi connectivity index (χ4n) is 1.25. The first-order valence-electron chi connectivity index (χ1n) is 5.35. The standard InChI is InChI=1S/C11H16Cl2N2S/c1-3-4-5-6-16-11-9(13)7-8(12)10(14-2)15-11/h7H,3-6H2,1-2H3,(H,14,15). The maximum atomic E-state index is 6.08. The van der Waals surface area contributed by atoms with E-state index in [0.29, 0.717) is 15.9 Å².